The van der Waals surface area contributed by atoms with E-state index in [1.54, 1.807) is 6.07 Å². The number of aromatic amines is 1. The minimum absolute atomic E-state index is 0.238. The number of rotatable bonds is 4. The average Bonchev–Trinajstić information content (AvgIpc) is 3.27. The van der Waals surface area contributed by atoms with Gasteiger partial charge in [-0.05, 0) is 51.8 Å². The molecule has 0 amide bonds. The molecule has 2 atom stereocenters. The number of benzene rings is 1. The molecule has 3 heterocycles. The first-order valence-corrected chi connectivity index (χ1v) is 10.2. The van der Waals surface area contributed by atoms with Gasteiger partial charge in [0.2, 0.25) is 0 Å². The van der Waals surface area contributed by atoms with Crippen molar-refractivity contribution < 1.29 is 9.13 Å². The normalized spacial score (nSPS) is 23.4. The molecule has 29 heavy (non-hydrogen) atoms. The van der Waals surface area contributed by atoms with Gasteiger partial charge < -0.3 is 15.0 Å². The zero-order valence-corrected chi connectivity index (χ0v) is 17.0. The summed E-state index contributed by atoms with van der Waals surface area (Å²) in [7, 11) is 0. The third-order valence-electron chi connectivity index (χ3n) is 5.83. The second-order valence-corrected chi connectivity index (χ2v) is 8.73. The van der Waals surface area contributed by atoms with Gasteiger partial charge in [-0.15, -0.1) is 0 Å². The zero-order chi connectivity index (χ0) is 20.2. The molecule has 1 saturated carbocycles. The number of hydrogen-bond acceptors (Lipinski definition) is 5. The van der Waals surface area contributed by atoms with Crippen LogP contribution in [0.2, 0.25) is 0 Å². The molecule has 0 unspecified atom stereocenters. The molecular formula is C22H26FN5O. The molecule has 2 fully saturated rings. The molecule has 0 bridgehead atoms. The number of pyridine rings is 1. The van der Waals surface area contributed by atoms with Crippen molar-refractivity contribution in [3.63, 3.8) is 0 Å². The zero-order valence-electron chi connectivity index (χ0n) is 17.0. The number of nitrogens with zero attached hydrogens (tertiary/aromatic N) is 3. The van der Waals surface area contributed by atoms with E-state index < -0.39 is 0 Å². The fraction of sp³-hybridized carbons (Fsp3) is 0.455. The number of H-pyrrole nitrogens is 1. The van der Waals surface area contributed by atoms with Crippen LogP contribution in [0.5, 0.6) is 5.75 Å². The lowest BCUT2D eigenvalue weighted by atomic mass is 10.1. The lowest BCUT2D eigenvalue weighted by molar-refractivity contribution is 0.191. The lowest BCUT2D eigenvalue weighted by Gasteiger charge is -2.37. The quantitative estimate of drug-likeness (QED) is 0.702. The molecule has 6 nitrogen and oxygen atoms in total. The average molecular weight is 395 g/mol. The molecule has 2 aliphatic rings. The maximum Gasteiger partial charge on any atom is 0.167 e. The molecule has 1 saturated heterocycles. The SMILES string of the molecule is C[C@@H]1CN(c2cc(-c3[nH]nc4cc(F)c(OC5(C)CC5)cc34)ccn2)C[C@H](C)N1. The van der Waals surface area contributed by atoms with E-state index in [9.17, 15) is 4.39 Å². The monoisotopic (exact) mass is 395 g/mol. The van der Waals surface area contributed by atoms with Crippen molar-refractivity contribution in [1.29, 1.82) is 0 Å². The Labute approximate surface area is 169 Å². The Morgan fingerprint density at radius 2 is 1.93 bits per heavy atom. The molecule has 2 N–H and O–H groups in total. The summed E-state index contributed by atoms with van der Waals surface area (Å²) in [6, 6.07) is 8.05. The summed E-state index contributed by atoms with van der Waals surface area (Å²) < 4.78 is 20.4. The van der Waals surface area contributed by atoms with Gasteiger partial charge in [-0.2, -0.15) is 5.10 Å². The van der Waals surface area contributed by atoms with Crippen LogP contribution in [0.25, 0.3) is 22.2 Å². The van der Waals surface area contributed by atoms with Crippen LogP contribution in [0.4, 0.5) is 10.2 Å². The van der Waals surface area contributed by atoms with Gasteiger partial charge in [-0.1, -0.05) is 0 Å². The molecule has 2 aromatic heterocycles. The number of piperazine rings is 1. The molecule has 152 valence electrons. The van der Waals surface area contributed by atoms with E-state index in [0.717, 1.165) is 48.4 Å². The van der Waals surface area contributed by atoms with Crippen molar-refractivity contribution in [2.45, 2.75) is 51.3 Å². The summed E-state index contributed by atoms with van der Waals surface area (Å²) >= 11 is 0. The van der Waals surface area contributed by atoms with Crippen molar-refractivity contribution >= 4 is 16.7 Å². The van der Waals surface area contributed by atoms with Gasteiger partial charge in [0.25, 0.3) is 0 Å². The summed E-state index contributed by atoms with van der Waals surface area (Å²) in [4.78, 5) is 6.89. The van der Waals surface area contributed by atoms with Gasteiger partial charge in [0.1, 0.15) is 11.4 Å². The van der Waals surface area contributed by atoms with Crippen LogP contribution in [-0.4, -0.2) is 46.0 Å². The first-order valence-electron chi connectivity index (χ1n) is 10.2. The van der Waals surface area contributed by atoms with Crippen molar-refractivity contribution in [2.24, 2.45) is 0 Å². The number of halogens is 1. The third kappa shape index (κ3) is 3.55. The number of ether oxygens (including phenoxy) is 1. The van der Waals surface area contributed by atoms with E-state index in [-0.39, 0.29) is 11.4 Å². The highest BCUT2D eigenvalue weighted by atomic mass is 19.1. The standard InChI is InChI=1S/C22H26FN5O/c1-13-11-28(12-14(2)25-13)20-8-15(4-7-24-20)21-16-9-19(29-22(3)5-6-22)17(23)10-18(16)26-27-21/h4,7-10,13-14,25H,5-6,11-12H2,1-3H3,(H,26,27)/t13-,14+. The van der Waals surface area contributed by atoms with E-state index in [1.807, 2.05) is 19.2 Å². The summed E-state index contributed by atoms with van der Waals surface area (Å²) in [6.45, 7) is 8.20. The second kappa shape index (κ2) is 6.69. The molecule has 0 radical (unpaired) electrons. The van der Waals surface area contributed by atoms with Crippen molar-refractivity contribution in [3.8, 4) is 17.0 Å². The predicted octanol–water partition coefficient (Wildman–Crippen LogP) is 3.88. The maximum atomic E-state index is 14.5. The Bertz CT molecular complexity index is 1050. The van der Waals surface area contributed by atoms with Crippen LogP contribution in [0.15, 0.2) is 30.5 Å². The van der Waals surface area contributed by atoms with E-state index in [2.05, 4.69) is 45.3 Å². The Balaban J connectivity index is 1.51. The smallest absolute Gasteiger partial charge is 0.167 e. The van der Waals surface area contributed by atoms with Crippen LogP contribution < -0.4 is 15.0 Å². The number of hydrogen-bond donors (Lipinski definition) is 2. The summed E-state index contributed by atoms with van der Waals surface area (Å²) in [5, 5.41) is 11.8. The number of nitrogens with one attached hydrogen (secondary N) is 2. The van der Waals surface area contributed by atoms with Crippen LogP contribution in [0.3, 0.4) is 0 Å². The highest BCUT2D eigenvalue weighted by molar-refractivity contribution is 5.94. The number of anilines is 1. The van der Waals surface area contributed by atoms with Crippen LogP contribution in [0.1, 0.15) is 33.6 Å². The number of aromatic nitrogens is 3. The Morgan fingerprint density at radius 1 is 1.17 bits per heavy atom. The highest BCUT2D eigenvalue weighted by Gasteiger charge is 2.40. The molecule has 5 rings (SSSR count). The molecule has 1 aliphatic heterocycles. The summed E-state index contributed by atoms with van der Waals surface area (Å²) in [5.74, 6) is 0.858. The lowest BCUT2D eigenvalue weighted by Crippen LogP contribution is -2.54. The van der Waals surface area contributed by atoms with Gasteiger partial charge in [-0.25, -0.2) is 9.37 Å². The topological polar surface area (TPSA) is 66.1 Å². The van der Waals surface area contributed by atoms with Crippen molar-refractivity contribution in [3.05, 3.63) is 36.3 Å². The fourth-order valence-electron chi connectivity index (χ4n) is 4.11. The molecule has 1 aromatic carbocycles. The Morgan fingerprint density at radius 3 is 2.66 bits per heavy atom. The van der Waals surface area contributed by atoms with E-state index in [1.165, 1.54) is 6.07 Å². The van der Waals surface area contributed by atoms with E-state index in [4.69, 9.17) is 4.74 Å². The molecule has 1 aliphatic carbocycles. The molecule has 7 heteroatoms. The largest absolute Gasteiger partial charge is 0.484 e. The van der Waals surface area contributed by atoms with Crippen LogP contribution in [-0.2, 0) is 0 Å². The summed E-state index contributed by atoms with van der Waals surface area (Å²) in [6.07, 6.45) is 3.73. The van der Waals surface area contributed by atoms with E-state index in [0.29, 0.717) is 23.3 Å². The minimum Gasteiger partial charge on any atom is -0.484 e. The van der Waals surface area contributed by atoms with Crippen molar-refractivity contribution in [1.82, 2.24) is 20.5 Å². The minimum atomic E-state index is -0.372. The van der Waals surface area contributed by atoms with Gasteiger partial charge in [-0.3, -0.25) is 5.10 Å². The van der Waals surface area contributed by atoms with Gasteiger partial charge in [0, 0.05) is 48.4 Å². The van der Waals surface area contributed by atoms with Crippen LogP contribution >= 0.6 is 0 Å². The Kier molecular flexibility index (Phi) is 4.24. The molecular weight excluding hydrogens is 369 g/mol. The predicted molar refractivity (Wildman–Crippen MR) is 112 cm³/mol. The highest BCUT2D eigenvalue weighted by Crippen LogP contribution is 2.41. The third-order valence-corrected chi connectivity index (χ3v) is 5.83. The first kappa shape index (κ1) is 18.4. The van der Waals surface area contributed by atoms with Crippen LogP contribution in [0, 0.1) is 5.82 Å². The number of fused-ring (bicyclic) bond motifs is 1. The van der Waals surface area contributed by atoms with Gasteiger partial charge >= 0.3 is 0 Å². The second-order valence-electron chi connectivity index (χ2n) is 8.73. The van der Waals surface area contributed by atoms with Gasteiger partial charge in [0.15, 0.2) is 11.6 Å². The first-order chi connectivity index (χ1) is 13.9. The fourth-order valence-corrected chi connectivity index (χ4v) is 4.11. The van der Waals surface area contributed by atoms with E-state index >= 15 is 0 Å². The Hall–Kier alpha value is -2.67. The van der Waals surface area contributed by atoms with Gasteiger partial charge in [0.05, 0.1) is 11.2 Å². The maximum absolute atomic E-state index is 14.5. The summed E-state index contributed by atoms with van der Waals surface area (Å²) in [5.41, 5.74) is 2.18. The van der Waals surface area contributed by atoms with Crippen molar-refractivity contribution in [2.75, 3.05) is 18.0 Å². The molecule has 0 spiro atoms. The molecule has 3 aromatic rings.